The molecule has 0 atom stereocenters. The van der Waals surface area contributed by atoms with Crippen LogP contribution < -0.4 is 4.90 Å². The van der Waals surface area contributed by atoms with Crippen molar-refractivity contribution in [3.63, 3.8) is 0 Å². The largest absolute Gasteiger partial charge is 0.478 e. The van der Waals surface area contributed by atoms with Gasteiger partial charge in [0, 0.05) is 32.4 Å². The van der Waals surface area contributed by atoms with Crippen LogP contribution in [-0.4, -0.2) is 49.1 Å². The van der Waals surface area contributed by atoms with Crippen molar-refractivity contribution in [2.45, 2.75) is 13.8 Å². The van der Waals surface area contributed by atoms with Crippen LogP contribution in [0.4, 0.5) is 5.69 Å². The number of rotatable bonds is 6. The Kier molecular flexibility index (Phi) is 5.96. The molecule has 0 saturated heterocycles. The van der Waals surface area contributed by atoms with Gasteiger partial charge in [0.2, 0.25) is 5.91 Å². The van der Waals surface area contributed by atoms with Gasteiger partial charge in [0.15, 0.2) is 0 Å². The minimum atomic E-state index is -0.991. The van der Waals surface area contributed by atoms with Crippen LogP contribution in [-0.2, 0) is 9.59 Å². The molecule has 1 rings (SSSR count). The lowest BCUT2D eigenvalue weighted by Crippen LogP contribution is -2.36. The number of carbonyl (C=O) groups is 2. The van der Waals surface area contributed by atoms with E-state index in [9.17, 15) is 9.59 Å². The van der Waals surface area contributed by atoms with Gasteiger partial charge in [-0.05, 0) is 37.6 Å². The van der Waals surface area contributed by atoms with E-state index in [1.54, 1.807) is 25.1 Å². The Bertz CT molecular complexity index is 550. The molecule has 0 radical (unpaired) electrons. The Morgan fingerprint density at radius 3 is 2.48 bits per heavy atom. The van der Waals surface area contributed by atoms with Gasteiger partial charge >= 0.3 is 5.97 Å². The van der Waals surface area contributed by atoms with Crippen LogP contribution in [0.3, 0.4) is 0 Å². The van der Waals surface area contributed by atoms with E-state index in [0.717, 1.165) is 22.9 Å². The van der Waals surface area contributed by atoms with Gasteiger partial charge in [-0.15, -0.1) is 0 Å². The van der Waals surface area contributed by atoms with Crippen LogP contribution in [0.2, 0.25) is 0 Å². The fraction of sp³-hybridized carbons (Fsp3) is 0.375. The second kappa shape index (κ2) is 7.47. The summed E-state index contributed by atoms with van der Waals surface area (Å²) in [7, 11) is 3.44. The minimum Gasteiger partial charge on any atom is -0.478 e. The summed E-state index contributed by atoms with van der Waals surface area (Å²) >= 11 is 0. The number of nitrogens with zero attached hydrogens (tertiary/aromatic N) is 2. The molecule has 0 aliphatic rings. The smallest absolute Gasteiger partial charge is 0.328 e. The Balaban J connectivity index is 3.13. The molecule has 0 fully saturated rings. The van der Waals surface area contributed by atoms with Crippen molar-refractivity contribution in [3.8, 4) is 0 Å². The van der Waals surface area contributed by atoms with Gasteiger partial charge in [-0.1, -0.05) is 11.6 Å². The average Bonchev–Trinajstić information content (AvgIpc) is 2.42. The Hall–Kier alpha value is -2.30. The molecule has 5 nitrogen and oxygen atoms in total. The van der Waals surface area contributed by atoms with E-state index in [1.807, 2.05) is 36.9 Å². The van der Waals surface area contributed by atoms with Gasteiger partial charge in [-0.2, -0.15) is 0 Å². The monoisotopic (exact) mass is 290 g/mol. The first kappa shape index (κ1) is 16.8. The summed E-state index contributed by atoms with van der Waals surface area (Å²) in [6, 6.07) is 5.79. The molecule has 0 aliphatic carbocycles. The maximum atomic E-state index is 11.9. The van der Waals surface area contributed by atoms with E-state index in [1.165, 1.54) is 0 Å². The molecule has 0 spiro atoms. The summed E-state index contributed by atoms with van der Waals surface area (Å²) in [6.07, 6.45) is 2.67. The molecule has 1 aromatic rings. The standard InChI is InChI=1S/C16H22N2O3/c1-5-18(11-15(19)17(3)4)14-8-6-12(2)10-13(14)7-9-16(20)21/h6-10H,5,11H2,1-4H3,(H,20,21)/b9-7+. The lowest BCUT2D eigenvalue weighted by atomic mass is 10.1. The third kappa shape index (κ3) is 4.95. The maximum absolute atomic E-state index is 11.9. The highest BCUT2D eigenvalue weighted by Crippen LogP contribution is 2.23. The number of amides is 1. The van der Waals surface area contributed by atoms with Gasteiger partial charge < -0.3 is 14.9 Å². The summed E-state index contributed by atoms with van der Waals surface area (Å²) in [5.74, 6) is -0.986. The zero-order valence-corrected chi connectivity index (χ0v) is 13.0. The van der Waals surface area contributed by atoms with E-state index < -0.39 is 5.97 Å². The van der Waals surface area contributed by atoms with E-state index in [2.05, 4.69) is 0 Å². The van der Waals surface area contributed by atoms with Crippen molar-refractivity contribution in [1.29, 1.82) is 0 Å². The molecule has 1 amide bonds. The highest BCUT2D eigenvalue weighted by Gasteiger charge is 2.14. The summed E-state index contributed by atoms with van der Waals surface area (Å²) in [5.41, 5.74) is 2.69. The van der Waals surface area contributed by atoms with Crippen LogP contribution in [0.1, 0.15) is 18.1 Å². The zero-order chi connectivity index (χ0) is 16.0. The molecule has 0 heterocycles. The molecule has 114 valence electrons. The number of likely N-dealkylation sites (N-methyl/N-ethyl adjacent to an activating group) is 2. The number of carboxylic acids is 1. The van der Waals surface area contributed by atoms with Crippen molar-refractivity contribution >= 4 is 23.6 Å². The average molecular weight is 290 g/mol. The predicted octanol–water partition coefficient (Wildman–Crippen LogP) is 2.01. The Morgan fingerprint density at radius 1 is 1.29 bits per heavy atom. The van der Waals surface area contributed by atoms with Crippen molar-refractivity contribution in [3.05, 3.63) is 35.4 Å². The van der Waals surface area contributed by atoms with Crippen LogP contribution in [0, 0.1) is 6.92 Å². The summed E-state index contributed by atoms with van der Waals surface area (Å²) in [5, 5.41) is 8.79. The van der Waals surface area contributed by atoms with Crippen molar-refractivity contribution < 1.29 is 14.7 Å². The first-order chi connectivity index (χ1) is 9.85. The Labute approximate surface area is 125 Å². The lowest BCUT2D eigenvalue weighted by Gasteiger charge is -2.26. The molecule has 0 unspecified atom stereocenters. The predicted molar refractivity (Wildman–Crippen MR) is 84.4 cm³/mol. The highest BCUT2D eigenvalue weighted by molar-refractivity contribution is 5.88. The fourth-order valence-corrected chi connectivity index (χ4v) is 1.93. The second-order valence-corrected chi connectivity index (χ2v) is 5.04. The number of anilines is 1. The van der Waals surface area contributed by atoms with Gasteiger partial charge in [0.25, 0.3) is 0 Å². The van der Waals surface area contributed by atoms with Gasteiger partial charge in [0.05, 0.1) is 6.54 Å². The SMILES string of the molecule is CCN(CC(=O)N(C)C)c1ccc(C)cc1/C=C/C(=O)O. The fourth-order valence-electron chi connectivity index (χ4n) is 1.93. The van der Waals surface area contributed by atoms with Gasteiger partial charge in [0.1, 0.15) is 0 Å². The molecular formula is C16H22N2O3. The number of hydrogen-bond donors (Lipinski definition) is 1. The molecule has 0 aromatic heterocycles. The quantitative estimate of drug-likeness (QED) is 0.814. The molecule has 0 aliphatic heterocycles. The van der Waals surface area contributed by atoms with Crippen LogP contribution in [0.15, 0.2) is 24.3 Å². The maximum Gasteiger partial charge on any atom is 0.328 e. The third-order valence-electron chi connectivity index (χ3n) is 3.14. The van der Waals surface area contributed by atoms with Crippen LogP contribution in [0.5, 0.6) is 0 Å². The van der Waals surface area contributed by atoms with Crippen molar-refractivity contribution in [1.82, 2.24) is 4.90 Å². The highest BCUT2D eigenvalue weighted by atomic mass is 16.4. The third-order valence-corrected chi connectivity index (χ3v) is 3.14. The summed E-state index contributed by atoms with van der Waals surface area (Å²) in [6.45, 7) is 4.84. The number of aliphatic carboxylic acids is 1. The minimum absolute atomic E-state index is 0.00518. The second-order valence-electron chi connectivity index (χ2n) is 5.04. The van der Waals surface area contributed by atoms with E-state index in [0.29, 0.717) is 6.54 Å². The topological polar surface area (TPSA) is 60.9 Å². The molecule has 1 aromatic carbocycles. The van der Waals surface area contributed by atoms with E-state index in [4.69, 9.17) is 5.11 Å². The van der Waals surface area contributed by atoms with Crippen LogP contribution >= 0.6 is 0 Å². The zero-order valence-electron chi connectivity index (χ0n) is 13.0. The van der Waals surface area contributed by atoms with Gasteiger partial charge in [-0.3, -0.25) is 4.79 Å². The normalized spacial score (nSPS) is 10.7. The van der Waals surface area contributed by atoms with E-state index in [-0.39, 0.29) is 12.5 Å². The Morgan fingerprint density at radius 2 is 1.95 bits per heavy atom. The number of carbonyl (C=O) groups excluding carboxylic acids is 1. The number of aryl methyl sites for hydroxylation is 1. The number of hydrogen-bond acceptors (Lipinski definition) is 3. The molecular weight excluding hydrogens is 268 g/mol. The van der Waals surface area contributed by atoms with E-state index >= 15 is 0 Å². The molecule has 0 saturated carbocycles. The van der Waals surface area contributed by atoms with Gasteiger partial charge in [-0.25, -0.2) is 4.79 Å². The molecule has 21 heavy (non-hydrogen) atoms. The molecule has 1 N–H and O–H groups in total. The number of benzene rings is 1. The summed E-state index contributed by atoms with van der Waals surface area (Å²) in [4.78, 5) is 26.1. The molecule has 5 heteroatoms. The van der Waals surface area contributed by atoms with Crippen molar-refractivity contribution in [2.24, 2.45) is 0 Å². The first-order valence-electron chi connectivity index (χ1n) is 6.82. The number of carboxylic acid groups (broad SMARTS) is 1. The lowest BCUT2D eigenvalue weighted by molar-refractivity contribution is -0.131. The van der Waals surface area contributed by atoms with Crippen LogP contribution in [0.25, 0.3) is 6.08 Å². The van der Waals surface area contributed by atoms with Crippen molar-refractivity contribution in [2.75, 3.05) is 32.1 Å². The summed E-state index contributed by atoms with van der Waals surface area (Å²) < 4.78 is 0. The first-order valence-corrected chi connectivity index (χ1v) is 6.82. The molecule has 0 bridgehead atoms.